The highest BCUT2D eigenvalue weighted by molar-refractivity contribution is 5.20. The molecule has 3 heteroatoms. The Balaban J connectivity index is 1.76. The number of nitrogens with one attached hydrogen (secondary N) is 1. The van der Waals surface area contributed by atoms with E-state index in [2.05, 4.69) is 10.3 Å². The molecule has 1 heterocycles. The van der Waals surface area contributed by atoms with E-state index in [0.29, 0.717) is 6.01 Å². The van der Waals surface area contributed by atoms with Crippen LogP contribution in [0.1, 0.15) is 37.8 Å². The van der Waals surface area contributed by atoms with Crippen LogP contribution in [0.5, 0.6) is 0 Å². The van der Waals surface area contributed by atoms with E-state index >= 15 is 0 Å². The molecule has 3 nitrogen and oxygen atoms in total. The third kappa shape index (κ3) is 2.50. The molecule has 1 aromatic rings. The first-order valence-electron chi connectivity index (χ1n) is 5.50. The smallest absolute Gasteiger partial charge is 0.294 e. The van der Waals surface area contributed by atoms with Crippen molar-refractivity contribution in [2.24, 2.45) is 5.92 Å². The predicted molar refractivity (Wildman–Crippen MR) is 56.3 cm³/mol. The van der Waals surface area contributed by atoms with Gasteiger partial charge in [0.25, 0.3) is 6.01 Å². The number of aryl methyl sites for hydroxylation is 1. The van der Waals surface area contributed by atoms with Gasteiger partial charge in [-0.15, -0.1) is 0 Å². The van der Waals surface area contributed by atoms with Crippen molar-refractivity contribution in [3.63, 3.8) is 0 Å². The summed E-state index contributed by atoms with van der Waals surface area (Å²) in [5, 5.41) is 3.26. The molecule has 0 amide bonds. The van der Waals surface area contributed by atoms with E-state index in [1.807, 2.05) is 6.92 Å². The standard InChI is InChI=1S/C11H18N2O/c1-9-8-14-11(13-9)12-7-10-5-3-2-4-6-10/h8,10H,2-7H2,1H3,(H,12,13). The van der Waals surface area contributed by atoms with Crippen molar-refractivity contribution in [2.75, 3.05) is 11.9 Å². The molecule has 0 aliphatic heterocycles. The van der Waals surface area contributed by atoms with Crippen LogP contribution >= 0.6 is 0 Å². The van der Waals surface area contributed by atoms with Crippen LogP contribution in [0.4, 0.5) is 6.01 Å². The number of hydrogen-bond acceptors (Lipinski definition) is 3. The molecule has 0 aromatic carbocycles. The number of rotatable bonds is 3. The van der Waals surface area contributed by atoms with Gasteiger partial charge in [0.1, 0.15) is 6.26 Å². The lowest BCUT2D eigenvalue weighted by molar-refractivity contribution is 0.370. The molecule has 1 aliphatic rings. The zero-order valence-electron chi connectivity index (χ0n) is 8.75. The van der Waals surface area contributed by atoms with E-state index in [-0.39, 0.29) is 0 Å². The minimum atomic E-state index is 0.674. The molecule has 0 bridgehead atoms. The van der Waals surface area contributed by atoms with Crippen LogP contribution in [-0.2, 0) is 0 Å². The molecule has 0 atom stereocenters. The molecule has 1 saturated carbocycles. The fraction of sp³-hybridized carbons (Fsp3) is 0.727. The first kappa shape index (κ1) is 9.56. The normalized spacial score (nSPS) is 18.4. The highest BCUT2D eigenvalue weighted by Crippen LogP contribution is 2.23. The topological polar surface area (TPSA) is 38.1 Å². The molecule has 78 valence electrons. The Morgan fingerprint density at radius 2 is 2.21 bits per heavy atom. The summed E-state index contributed by atoms with van der Waals surface area (Å²) in [5.74, 6) is 0.816. The molecule has 0 radical (unpaired) electrons. The zero-order chi connectivity index (χ0) is 9.80. The van der Waals surface area contributed by atoms with Gasteiger partial charge in [-0.2, -0.15) is 4.98 Å². The summed E-state index contributed by atoms with van der Waals surface area (Å²) in [6.07, 6.45) is 8.57. The van der Waals surface area contributed by atoms with Crippen LogP contribution in [-0.4, -0.2) is 11.5 Å². The van der Waals surface area contributed by atoms with Gasteiger partial charge >= 0.3 is 0 Å². The summed E-state index contributed by atoms with van der Waals surface area (Å²) in [4.78, 5) is 4.22. The maximum Gasteiger partial charge on any atom is 0.294 e. The van der Waals surface area contributed by atoms with Gasteiger partial charge in [-0.3, -0.25) is 0 Å². The van der Waals surface area contributed by atoms with Crippen LogP contribution in [0, 0.1) is 12.8 Å². The highest BCUT2D eigenvalue weighted by atomic mass is 16.4. The monoisotopic (exact) mass is 194 g/mol. The fourth-order valence-electron chi connectivity index (χ4n) is 2.06. The number of anilines is 1. The van der Waals surface area contributed by atoms with Crippen molar-refractivity contribution < 1.29 is 4.42 Å². The molecular formula is C11H18N2O. The maximum atomic E-state index is 5.23. The summed E-state index contributed by atoms with van der Waals surface area (Å²) < 4.78 is 5.23. The third-order valence-electron chi connectivity index (χ3n) is 2.89. The van der Waals surface area contributed by atoms with Gasteiger partial charge in [0.2, 0.25) is 0 Å². The molecule has 1 aliphatic carbocycles. The first-order valence-corrected chi connectivity index (χ1v) is 5.50. The average molecular weight is 194 g/mol. The van der Waals surface area contributed by atoms with Crippen molar-refractivity contribution in [1.29, 1.82) is 0 Å². The van der Waals surface area contributed by atoms with Gasteiger partial charge in [-0.25, -0.2) is 0 Å². The van der Waals surface area contributed by atoms with E-state index in [1.165, 1.54) is 32.1 Å². The molecule has 0 spiro atoms. The zero-order valence-corrected chi connectivity index (χ0v) is 8.75. The average Bonchev–Trinajstić information content (AvgIpc) is 2.63. The predicted octanol–water partition coefficient (Wildman–Crippen LogP) is 2.98. The van der Waals surface area contributed by atoms with Crippen LogP contribution < -0.4 is 5.32 Å². The Kier molecular flexibility index (Phi) is 3.07. The van der Waals surface area contributed by atoms with E-state index in [4.69, 9.17) is 4.42 Å². The minimum absolute atomic E-state index is 0.674. The Labute approximate surface area is 84.9 Å². The van der Waals surface area contributed by atoms with Crippen molar-refractivity contribution in [3.05, 3.63) is 12.0 Å². The largest absolute Gasteiger partial charge is 0.432 e. The summed E-state index contributed by atoms with van der Waals surface area (Å²) in [5.41, 5.74) is 0.941. The summed E-state index contributed by atoms with van der Waals surface area (Å²) in [6, 6.07) is 0.674. The molecule has 1 fully saturated rings. The number of oxazole rings is 1. The quantitative estimate of drug-likeness (QED) is 0.803. The molecule has 0 unspecified atom stereocenters. The lowest BCUT2D eigenvalue weighted by atomic mass is 9.89. The second-order valence-corrected chi connectivity index (χ2v) is 4.18. The molecule has 1 aromatic heterocycles. The summed E-state index contributed by atoms with van der Waals surface area (Å²) in [7, 11) is 0. The van der Waals surface area contributed by atoms with Crippen molar-refractivity contribution in [3.8, 4) is 0 Å². The number of aromatic nitrogens is 1. The molecular weight excluding hydrogens is 176 g/mol. The van der Waals surface area contributed by atoms with Crippen molar-refractivity contribution in [1.82, 2.24) is 4.98 Å². The SMILES string of the molecule is Cc1coc(NCC2CCCCC2)n1. The van der Waals surface area contributed by atoms with Gasteiger partial charge in [0.05, 0.1) is 5.69 Å². The van der Waals surface area contributed by atoms with E-state index in [0.717, 1.165) is 18.2 Å². The second kappa shape index (κ2) is 4.49. The Bertz CT molecular complexity index is 277. The highest BCUT2D eigenvalue weighted by Gasteiger charge is 2.13. The van der Waals surface area contributed by atoms with Crippen LogP contribution in [0.2, 0.25) is 0 Å². The third-order valence-corrected chi connectivity index (χ3v) is 2.89. The second-order valence-electron chi connectivity index (χ2n) is 4.18. The Morgan fingerprint density at radius 3 is 2.86 bits per heavy atom. The minimum Gasteiger partial charge on any atom is -0.432 e. The van der Waals surface area contributed by atoms with Crippen molar-refractivity contribution in [2.45, 2.75) is 39.0 Å². The Morgan fingerprint density at radius 1 is 1.43 bits per heavy atom. The van der Waals surface area contributed by atoms with E-state index < -0.39 is 0 Å². The summed E-state index contributed by atoms with van der Waals surface area (Å²) in [6.45, 7) is 2.95. The van der Waals surface area contributed by atoms with Crippen LogP contribution in [0.15, 0.2) is 10.7 Å². The fourth-order valence-corrected chi connectivity index (χ4v) is 2.06. The maximum absolute atomic E-state index is 5.23. The van der Waals surface area contributed by atoms with Gasteiger partial charge < -0.3 is 9.73 Å². The van der Waals surface area contributed by atoms with Crippen LogP contribution in [0.3, 0.4) is 0 Å². The first-order chi connectivity index (χ1) is 6.84. The van der Waals surface area contributed by atoms with Crippen LogP contribution in [0.25, 0.3) is 0 Å². The lowest BCUT2D eigenvalue weighted by Crippen LogP contribution is -2.17. The molecule has 1 N–H and O–H groups in total. The number of nitrogens with zero attached hydrogens (tertiary/aromatic N) is 1. The van der Waals surface area contributed by atoms with Gasteiger partial charge in [-0.1, -0.05) is 19.3 Å². The van der Waals surface area contributed by atoms with Gasteiger partial charge in [0.15, 0.2) is 0 Å². The molecule has 2 rings (SSSR count). The Hall–Kier alpha value is -0.990. The number of hydrogen-bond donors (Lipinski definition) is 1. The van der Waals surface area contributed by atoms with E-state index in [1.54, 1.807) is 6.26 Å². The van der Waals surface area contributed by atoms with Crippen molar-refractivity contribution >= 4 is 6.01 Å². The summed E-state index contributed by atoms with van der Waals surface area (Å²) >= 11 is 0. The molecule has 14 heavy (non-hydrogen) atoms. The molecule has 0 saturated heterocycles. The van der Waals surface area contributed by atoms with Gasteiger partial charge in [-0.05, 0) is 25.7 Å². The van der Waals surface area contributed by atoms with Gasteiger partial charge in [0, 0.05) is 6.54 Å². The lowest BCUT2D eigenvalue weighted by Gasteiger charge is -2.21. The van der Waals surface area contributed by atoms with E-state index in [9.17, 15) is 0 Å².